The molecule has 0 bridgehead atoms. The second-order valence-corrected chi connectivity index (χ2v) is 4.46. The van der Waals surface area contributed by atoms with Crippen molar-refractivity contribution in [2.45, 2.75) is 26.2 Å². The molecule has 0 atom stereocenters. The molecule has 1 amide bonds. The molecule has 0 aromatic carbocycles. The maximum atomic E-state index is 11.3. The Labute approximate surface area is 121 Å². The first kappa shape index (κ1) is 18.7. The molecule has 6 heteroatoms. The molecule has 5 nitrogen and oxygen atoms in total. The second kappa shape index (κ2) is 15.8. The Morgan fingerprint density at radius 1 is 1.00 bits per heavy atom. The van der Waals surface area contributed by atoms with E-state index in [1.165, 1.54) is 0 Å². The van der Waals surface area contributed by atoms with Crippen molar-refractivity contribution in [2.24, 2.45) is 0 Å². The number of rotatable bonds is 14. The van der Waals surface area contributed by atoms with Crippen molar-refractivity contribution in [3.05, 3.63) is 0 Å². The monoisotopic (exact) mass is 293 g/mol. The average Bonchev–Trinajstić information content (AvgIpc) is 2.42. The van der Waals surface area contributed by atoms with Gasteiger partial charge in [0.1, 0.15) is 0 Å². The highest BCUT2D eigenvalue weighted by Gasteiger charge is 1.98. The van der Waals surface area contributed by atoms with Gasteiger partial charge in [-0.25, -0.2) is 0 Å². The van der Waals surface area contributed by atoms with E-state index >= 15 is 0 Å². The largest absolute Gasteiger partial charge is 0.378 e. The lowest BCUT2D eigenvalue weighted by atomic mass is 10.2. The molecule has 0 spiro atoms. The third-order valence-corrected chi connectivity index (χ3v) is 2.49. The highest BCUT2D eigenvalue weighted by atomic mass is 32.1. The van der Waals surface area contributed by atoms with Crippen molar-refractivity contribution >= 4 is 18.5 Å². The zero-order valence-corrected chi connectivity index (χ0v) is 12.8. The summed E-state index contributed by atoms with van der Waals surface area (Å²) in [4.78, 5) is 11.3. The standard InChI is InChI=1S/C13H27NO4S/c1-2-3-4-13(15)14-5-6-16-7-8-17-9-10-18-11-12-19/h19H,2-12H2,1H3,(H,14,15). The van der Waals surface area contributed by atoms with Crippen molar-refractivity contribution in [2.75, 3.05) is 51.9 Å². The molecule has 114 valence electrons. The van der Waals surface area contributed by atoms with Gasteiger partial charge >= 0.3 is 0 Å². The molecular formula is C13H27NO4S. The van der Waals surface area contributed by atoms with Crippen LogP contribution in [0.5, 0.6) is 0 Å². The zero-order chi connectivity index (χ0) is 14.2. The smallest absolute Gasteiger partial charge is 0.220 e. The number of hydrogen-bond acceptors (Lipinski definition) is 5. The average molecular weight is 293 g/mol. The SMILES string of the molecule is CCCCC(=O)NCCOCCOCCOCCS. The third-order valence-electron chi connectivity index (χ3n) is 2.31. The molecule has 1 N–H and O–H groups in total. The van der Waals surface area contributed by atoms with Gasteiger partial charge in [0, 0.05) is 18.7 Å². The van der Waals surface area contributed by atoms with Gasteiger partial charge in [0.15, 0.2) is 0 Å². The lowest BCUT2D eigenvalue weighted by molar-refractivity contribution is -0.121. The summed E-state index contributed by atoms with van der Waals surface area (Å²) in [6.07, 6.45) is 2.58. The summed E-state index contributed by atoms with van der Waals surface area (Å²) in [5, 5.41) is 2.81. The first-order valence-corrected chi connectivity index (χ1v) is 7.55. The molecule has 0 radical (unpaired) electrons. The van der Waals surface area contributed by atoms with Gasteiger partial charge < -0.3 is 19.5 Å². The Morgan fingerprint density at radius 2 is 1.58 bits per heavy atom. The lowest BCUT2D eigenvalue weighted by Crippen LogP contribution is -2.27. The zero-order valence-electron chi connectivity index (χ0n) is 11.9. The molecular weight excluding hydrogens is 266 g/mol. The molecule has 0 aliphatic heterocycles. The number of unbranched alkanes of at least 4 members (excludes halogenated alkanes) is 1. The molecule has 0 aromatic rings. The van der Waals surface area contributed by atoms with E-state index in [9.17, 15) is 4.79 Å². The van der Waals surface area contributed by atoms with E-state index < -0.39 is 0 Å². The predicted octanol–water partition coefficient (Wildman–Crippen LogP) is 1.27. The van der Waals surface area contributed by atoms with E-state index in [2.05, 4.69) is 24.9 Å². The van der Waals surface area contributed by atoms with E-state index in [1.807, 2.05) is 0 Å². The molecule has 0 saturated carbocycles. The molecule has 0 unspecified atom stereocenters. The van der Waals surface area contributed by atoms with Crippen LogP contribution in [-0.4, -0.2) is 57.8 Å². The summed E-state index contributed by atoms with van der Waals surface area (Å²) in [5.41, 5.74) is 0. The number of thiol groups is 1. The van der Waals surface area contributed by atoms with Gasteiger partial charge in [-0.05, 0) is 6.42 Å². The molecule has 0 saturated heterocycles. The van der Waals surface area contributed by atoms with Crippen molar-refractivity contribution < 1.29 is 19.0 Å². The number of carbonyl (C=O) groups excluding carboxylic acids is 1. The Morgan fingerprint density at radius 3 is 2.16 bits per heavy atom. The van der Waals surface area contributed by atoms with Crippen LogP contribution in [-0.2, 0) is 19.0 Å². The fraction of sp³-hybridized carbons (Fsp3) is 0.923. The summed E-state index contributed by atoms with van der Waals surface area (Å²) in [6, 6.07) is 0. The van der Waals surface area contributed by atoms with Crippen molar-refractivity contribution in [3.8, 4) is 0 Å². The van der Waals surface area contributed by atoms with Gasteiger partial charge in [-0.15, -0.1) is 0 Å². The van der Waals surface area contributed by atoms with Crippen LogP contribution in [0.3, 0.4) is 0 Å². The summed E-state index contributed by atoms with van der Waals surface area (Å²) in [7, 11) is 0. The van der Waals surface area contributed by atoms with Gasteiger partial charge in [-0.2, -0.15) is 12.6 Å². The Hall–Kier alpha value is -0.300. The number of amides is 1. The first-order valence-electron chi connectivity index (χ1n) is 6.92. The fourth-order valence-corrected chi connectivity index (χ4v) is 1.42. The second-order valence-electron chi connectivity index (χ2n) is 4.01. The van der Waals surface area contributed by atoms with Gasteiger partial charge in [-0.1, -0.05) is 13.3 Å². The van der Waals surface area contributed by atoms with Gasteiger partial charge in [0.2, 0.25) is 5.91 Å². The highest BCUT2D eigenvalue weighted by molar-refractivity contribution is 7.80. The molecule has 0 aliphatic rings. The molecule has 0 fully saturated rings. The quantitative estimate of drug-likeness (QED) is 0.374. The minimum atomic E-state index is 0.100. The summed E-state index contributed by atoms with van der Waals surface area (Å²) in [5.74, 6) is 0.829. The predicted molar refractivity (Wildman–Crippen MR) is 78.8 cm³/mol. The van der Waals surface area contributed by atoms with Crippen molar-refractivity contribution in [3.63, 3.8) is 0 Å². The summed E-state index contributed by atoms with van der Waals surface area (Å²) >= 11 is 4.03. The number of ether oxygens (including phenoxy) is 3. The van der Waals surface area contributed by atoms with Crippen LogP contribution in [0.25, 0.3) is 0 Å². The van der Waals surface area contributed by atoms with Crippen LogP contribution >= 0.6 is 12.6 Å². The number of nitrogens with one attached hydrogen (secondary N) is 1. The minimum absolute atomic E-state index is 0.100. The normalized spacial score (nSPS) is 10.6. The number of hydrogen-bond donors (Lipinski definition) is 2. The van der Waals surface area contributed by atoms with E-state index in [-0.39, 0.29) is 5.91 Å². The molecule has 19 heavy (non-hydrogen) atoms. The Balaban J connectivity index is 3.04. The van der Waals surface area contributed by atoms with Crippen LogP contribution < -0.4 is 5.32 Å². The van der Waals surface area contributed by atoms with E-state index in [1.54, 1.807) is 0 Å². The number of carbonyl (C=O) groups is 1. The molecule has 0 rings (SSSR count). The van der Waals surface area contributed by atoms with Gasteiger partial charge in [0.05, 0.1) is 39.6 Å². The maximum Gasteiger partial charge on any atom is 0.220 e. The topological polar surface area (TPSA) is 56.8 Å². The van der Waals surface area contributed by atoms with Crippen LogP contribution in [0, 0.1) is 0 Å². The third kappa shape index (κ3) is 15.6. The molecule has 0 aliphatic carbocycles. The minimum Gasteiger partial charge on any atom is -0.378 e. The van der Waals surface area contributed by atoms with Gasteiger partial charge in [0.25, 0.3) is 0 Å². The molecule has 0 aromatic heterocycles. The molecule has 0 heterocycles. The maximum absolute atomic E-state index is 11.3. The van der Waals surface area contributed by atoms with Crippen molar-refractivity contribution in [1.82, 2.24) is 5.32 Å². The first-order chi connectivity index (χ1) is 9.31. The summed E-state index contributed by atoms with van der Waals surface area (Å²) < 4.78 is 15.8. The highest BCUT2D eigenvalue weighted by Crippen LogP contribution is 1.92. The summed E-state index contributed by atoms with van der Waals surface area (Å²) in [6.45, 7) is 6.07. The van der Waals surface area contributed by atoms with Crippen molar-refractivity contribution in [1.29, 1.82) is 0 Å². The van der Waals surface area contributed by atoms with Gasteiger partial charge in [-0.3, -0.25) is 4.79 Å². The Kier molecular flexibility index (Phi) is 15.5. The van der Waals surface area contributed by atoms with Crippen LogP contribution in [0.15, 0.2) is 0 Å². The fourth-order valence-electron chi connectivity index (χ4n) is 1.29. The van der Waals surface area contributed by atoms with E-state index in [0.29, 0.717) is 52.6 Å². The lowest BCUT2D eigenvalue weighted by Gasteiger charge is -2.07. The Bertz CT molecular complexity index is 205. The van der Waals surface area contributed by atoms with Crippen LogP contribution in [0.2, 0.25) is 0 Å². The van der Waals surface area contributed by atoms with E-state index in [4.69, 9.17) is 14.2 Å². The van der Waals surface area contributed by atoms with Crippen LogP contribution in [0.1, 0.15) is 26.2 Å². The van der Waals surface area contributed by atoms with Crippen LogP contribution in [0.4, 0.5) is 0 Å². The van der Waals surface area contributed by atoms with E-state index in [0.717, 1.165) is 18.6 Å².